The summed E-state index contributed by atoms with van der Waals surface area (Å²) in [7, 11) is 0. The maximum atomic E-state index is 12.8. The van der Waals surface area contributed by atoms with Crippen LogP contribution in [0, 0.1) is 13.8 Å². The Labute approximate surface area is 175 Å². The predicted octanol–water partition coefficient (Wildman–Crippen LogP) is 5.04. The van der Waals surface area contributed by atoms with E-state index in [0.29, 0.717) is 5.56 Å². The quantitative estimate of drug-likeness (QED) is 0.464. The van der Waals surface area contributed by atoms with Crippen LogP contribution in [0.5, 0.6) is 0 Å². The zero-order chi connectivity index (χ0) is 21.3. The number of hydrogen-bond acceptors (Lipinski definition) is 2. The first kappa shape index (κ1) is 19.6. The molecule has 150 valence electrons. The van der Waals surface area contributed by atoms with Crippen molar-refractivity contribution in [3.8, 4) is 0 Å². The van der Waals surface area contributed by atoms with Gasteiger partial charge in [-0.05, 0) is 59.2 Å². The van der Waals surface area contributed by atoms with Crippen molar-refractivity contribution in [1.82, 2.24) is 5.32 Å². The minimum absolute atomic E-state index is 0.202. The molecule has 0 spiro atoms. The highest BCUT2D eigenvalue weighted by Crippen LogP contribution is 2.29. The lowest BCUT2D eigenvalue weighted by atomic mass is 9.92. The predicted molar refractivity (Wildman–Crippen MR) is 120 cm³/mol. The Hall–Kier alpha value is -3.66. The number of carbonyl (C=O) groups excluding carboxylic acids is 1. The molecule has 30 heavy (non-hydrogen) atoms. The number of amides is 1. The highest BCUT2D eigenvalue weighted by molar-refractivity contribution is 6.03. The third-order valence-electron chi connectivity index (χ3n) is 5.38. The molecule has 0 aliphatic carbocycles. The number of carbonyl (C=O) groups is 2. The Bertz CT molecular complexity index is 1200. The molecular weight excluding hydrogens is 374 g/mol. The van der Waals surface area contributed by atoms with Gasteiger partial charge in [-0.25, -0.2) is 4.79 Å². The van der Waals surface area contributed by atoms with Gasteiger partial charge in [0.25, 0.3) is 5.91 Å². The van der Waals surface area contributed by atoms with Crippen molar-refractivity contribution in [1.29, 1.82) is 0 Å². The van der Waals surface area contributed by atoms with Crippen LogP contribution in [0.1, 0.15) is 27.0 Å². The SMILES string of the molecule is Cc1cc(C)cc(C(=O)N[C@H](Cc2c3ccccc3cc3ccccc23)C(=O)O)c1. The molecule has 4 aromatic carbocycles. The minimum Gasteiger partial charge on any atom is -0.480 e. The van der Waals surface area contributed by atoms with Crippen LogP contribution in [0.25, 0.3) is 21.5 Å². The van der Waals surface area contributed by atoms with Crippen molar-refractivity contribution in [2.45, 2.75) is 26.3 Å². The molecule has 0 radical (unpaired) electrons. The maximum absolute atomic E-state index is 12.8. The third kappa shape index (κ3) is 3.90. The molecule has 4 rings (SSSR count). The fraction of sp³-hybridized carbons (Fsp3) is 0.154. The molecule has 0 saturated heterocycles. The molecule has 4 heteroatoms. The molecule has 4 nitrogen and oxygen atoms in total. The van der Waals surface area contributed by atoms with Gasteiger partial charge in [-0.3, -0.25) is 4.79 Å². The van der Waals surface area contributed by atoms with E-state index < -0.39 is 12.0 Å². The summed E-state index contributed by atoms with van der Waals surface area (Å²) >= 11 is 0. The van der Waals surface area contributed by atoms with Crippen molar-refractivity contribution < 1.29 is 14.7 Å². The van der Waals surface area contributed by atoms with Gasteiger partial charge in [0.1, 0.15) is 6.04 Å². The Kier molecular flexibility index (Phi) is 5.23. The van der Waals surface area contributed by atoms with E-state index in [1.165, 1.54) is 0 Å². The standard InChI is InChI=1S/C26H23NO3/c1-16-11-17(2)13-20(12-16)25(28)27-24(26(29)30)15-23-21-9-5-3-7-18(21)14-19-8-4-6-10-22(19)23/h3-14,24H,15H2,1-2H3,(H,27,28)(H,29,30)/t24-/m1/s1. The Morgan fingerprint density at radius 2 is 1.37 bits per heavy atom. The minimum atomic E-state index is -1.05. The van der Waals surface area contributed by atoms with Crippen LogP contribution >= 0.6 is 0 Å². The summed E-state index contributed by atoms with van der Waals surface area (Å²) in [4.78, 5) is 24.9. The van der Waals surface area contributed by atoms with Crippen LogP contribution in [0.3, 0.4) is 0 Å². The van der Waals surface area contributed by atoms with E-state index in [1.54, 1.807) is 12.1 Å². The van der Waals surface area contributed by atoms with Crippen LogP contribution in [0.2, 0.25) is 0 Å². The summed E-state index contributed by atoms with van der Waals surface area (Å²) in [5.41, 5.74) is 3.33. The summed E-state index contributed by atoms with van der Waals surface area (Å²) in [6, 6.07) is 22.5. The molecule has 0 aromatic heterocycles. The lowest BCUT2D eigenvalue weighted by Crippen LogP contribution is -2.42. The van der Waals surface area contributed by atoms with Gasteiger partial charge in [0.15, 0.2) is 0 Å². The molecule has 1 atom stereocenters. The summed E-state index contributed by atoms with van der Waals surface area (Å²) in [6.45, 7) is 3.83. The van der Waals surface area contributed by atoms with Gasteiger partial charge in [0, 0.05) is 12.0 Å². The first-order valence-corrected chi connectivity index (χ1v) is 9.94. The zero-order valence-electron chi connectivity index (χ0n) is 17.0. The van der Waals surface area contributed by atoms with Gasteiger partial charge < -0.3 is 10.4 Å². The van der Waals surface area contributed by atoms with Crippen molar-refractivity contribution >= 4 is 33.4 Å². The van der Waals surface area contributed by atoms with Crippen molar-refractivity contribution in [3.05, 3.63) is 95.1 Å². The number of fused-ring (bicyclic) bond motifs is 2. The van der Waals surface area contributed by atoms with Gasteiger partial charge >= 0.3 is 5.97 Å². The van der Waals surface area contributed by atoms with Gasteiger partial charge in [0.05, 0.1) is 0 Å². The Morgan fingerprint density at radius 1 is 0.833 bits per heavy atom. The van der Waals surface area contributed by atoms with E-state index in [1.807, 2.05) is 68.4 Å². The van der Waals surface area contributed by atoms with Crippen LogP contribution in [0.4, 0.5) is 0 Å². The van der Waals surface area contributed by atoms with Gasteiger partial charge in [-0.2, -0.15) is 0 Å². The van der Waals surface area contributed by atoms with Crippen LogP contribution in [0.15, 0.2) is 72.8 Å². The number of nitrogens with one attached hydrogen (secondary N) is 1. The largest absolute Gasteiger partial charge is 0.480 e. The number of carboxylic acid groups (broad SMARTS) is 1. The highest BCUT2D eigenvalue weighted by Gasteiger charge is 2.23. The molecular formula is C26H23NO3. The molecule has 0 saturated carbocycles. The fourth-order valence-electron chi connectivity index (χ4n) is 4.08. The second kappa shape index (κ2) is 7.99. The molecule has 0 aliphatic heterocycles. The van der Waals surface area contributed by atoms with Crippen LogP contribution in [-0.2, 0) is 11.2 Å². The van der Waals surface area contributed by atoms with E-state index in [2.05, 4.69) is 11.4 Å². The Morgan fingerprint density at radius 3 is 1.90 bits per heavy atom. The lowest BCUT2D eigenvalue weighted by Gasteiger charge is -2.18. The topological polar surface area (TPSA) is 66.4 Å². The molecule has 2 N–H and O–H groups in total. The molecule has 0 fully saturated rings. The van der Waals surface area contributed by atoms with Crippen LogP contribution in [-0.4, -0.2) is 23.0 Å². The zero-order valence-corrected chi connectivity index (χ0v) is 17.0. The highest BCUT2D eigenvalue weighted by atomic mass is 16.4. The first-order valence-electron chi connectivity index (χ1n) is 9.94. The lowest BCUT2D eigenvalue weighted by molar-refractivity contribution is -0.139. The van der Waals surface area contributed by atoms with E-state index >= 15 is 0 Å². The van der Waals surface area contributed by atoms with E-state index in [9.17, 15) is 14.7 Å². The van der Waals surface area contributed by atoms with Gasteiger partial charge in [-0.15, -0.1) is 0 Å². The average Bonchev–Trinajstić information content (AvgIpc) is 2.72. The van der Waals surface area contributed by atoms with E-state index in [0.717, 1.165) is 38.2 Å². The normalized spacial score (nSPS) is 12.1. The number of aliphatic carboxylic acids is 1. The maximum Gasteiger partial charge on any atom is 0.326 e. The summed E-state index contributed by atoms with van der Waals surface area (Å²) in [6.07, 6.45) is 0.202. The summed E-state index contributed by atoms with van der Waals surface area (Å²) < 4.78 is 0. The third-order valence-corrected chi connectivity index (χ3v) is 5.38. The smallest absolute Gasteiger partial charge is 0.326 e. The van der Waals surface area contributed by atoms with E-state index in [4.69, 9.17) is 0 Å². The Balaban J connectivity index is 1.73. The van der Waals surface area contributed by atoms with Gasteiger partial charge in [-0.1, -0.05) is 65.7 Å². The van der Waals surface area contributed by atoms with Crippen molar-refractivity contribution in [3.63, 3.8) is 0 Å². The second-order valence-electron chi connectivity index (χ2n) is 7.74. The molecule has 0 heterocycles. The van der Waals surface area contributed by atoms with Crippen molar-refractivity contribution in [2.75, 3.05) is 0 Å². The number of benzene rings is 4. The fourth-order valence-corrected chi connectivity index (χ4v) is 4.08. The molecule has 0 bridgehead atoms. The van der Waals surface area contributed by atoms with Crippen molar-refractivity contribution in [2.24, 2.45) is 0 Å². The summed E-state index contributed by atoms with van der Waals surface area (Å²) in [5, 5.41) is 16.7. The summed E-state index contributed by atoms with van der Waals surface area (Å²) in [5.74, 6) is -1.43. The molecule has 4 aromatic rings. The number of carboxylic acids is 1. The van der Waals surface area contributed by atoms with Gasteiger partial charge in [0.2, 0.25) is 0 Å². The second-order valence-corrected chi connectivity index (χ2v) is 7.74. The average molecular weight is 397 g/mol. The number of rotatable bonds is 5. The number of hydrogen-bond donors (Lipinski definition) is 2. The first-order chi connectivity index (χ1) is 14.4. The molecule has 0 aliphatic rings. The van der Waals surface area contributed by atoms with Crippen LogP contribution < -0.4 is 5.32 Å². The number of aryl methyl sites for hydroxylation is 2. The van der Waals surface area contributed by atoms with E-state index in [-0.39, 0.29) is 12.3 Å². The monoisotopic (exact) mass is 397 g/mol. The molecule has 1 amide bonds. The molecule has 0 unspecified atom stereocenters.